The molecule has 0 fully saturated rings. The third-order valence-electron chi connectivity index (χ3n) is 10.2. The van der Waals surface area contributed by atoms with Gasteiger partial charge in [-0.05, 0) is 95.5 Å². The van der Waals surface area contributed by atoms with Gasteiger partial charge in [-0.2, -0.15) is 12.4 Å². The van der Waals surface area contributed by atoms with Crippen LogP contribution >= 0.6 is 0 Å². The van der Waals surface area contributed by atoms with Gasteiger partial charge in [-0.1, -0.05) is 78.4 Å². The van der Waals surface area contributed by atoms with Gasteiger partial charge in [0.2, 0.25) is 0 Å². The summed E-state index contributed by atoms with van der Waals surface area (Å²) in [5.74, 6) is -0.825. The van der Waals surface area contributed by atoms with Crippen molar-refractivity contribution in [2.75, 3.05) is 20.4 Å². The standard InChI is InChI=1S/C46H49N2O8/c1-29(49)26-48-28-56-45-21-30(13-15-41(45)51)20-39(33-10-6-11-37(50)23-33)44(54)25-43(53)36(19-31-17-18-47-27-31)22-35-14-16-42(52)46(55-2)40(35)24-34-9-5-8-32-7-3-4-12-38(32)34/h3-18,21,23,27,29,36,39,43,48-53H,19-20,22,24-26,28H2,1-2H3/q-1/t29-,36-,39+,43+/m0/s1. The molecule has 5 aromatic carbocycles. The van der Waals surface area contributed by atoms with E-state index in [0.29, 0.717) is 42.7 Å². The molecular formula is C46H49N2O8-. The highest BCUT2D eigenvalue weighted by atomic mass is 16.5. The molecule has 0 aliphatic rings. The number of aliphatic hydroxyl groups is 2. The van der Waals surface area contributed by atoms with E-state index in [1.807, 2.05) is 30.3 Å². The van der Waals surface area contributed by atoms with Crippen LogP contribution in [-0.2, 0) is 30.5 Å². The van der Waals surface area contributed by atoms with Crippen LogP contribution in [0.3, 0.4) is 0 Å². The van der Waals surface area contributed by atoms with Gasteiger partial charge in [0.05, 0.1) is 19.3 Å². The van der Waals surface area contributed by atoms with Crippen molar-refractivity contribution in [3.63, 3.8) is 0 Å². The minimum Gasteiger partial charge on any atom is -0.670 e. The molecule has 0 saturated carbocycles. The third kappa shape index (κ3) is 10.1. The summed E-state index contributed by atoms with van der Waals surface area (Å²) in [7, 11) is 1.53. The molecule has 1 heterocycles. The first kappa shape index (κ1) is 39.9. The lowest BCUT2D eigenvalue weighted by atomic mass is 9.80. The molecule has 0 aliphatic heterocycles. The lowest BCUT2D eigenvalue weighted by Crippen LogP contribution is -2.30. The zero-order valence-corrected chi connectivity index (χ0v) is 31.6. The molecule has 0 saturated heterocycles. The molecule has 6 N–H and O–H groups in total. The molecule has 0 radical (unpaired) electrons. The quantitative estimate of drug-likeness (QED) is 0.0394. The van der Waals surface area contributed by atoms with Gasteiger partial charge in [0.25, 0.3) is 0 Å². The second kappa shape index (κ2) is 18.7. The summed E-state index contributed by atoms with van der Waals surface area (Å²) in [6.07, 6.45) is 3.19. The second-order valence-electron chi connectivity index (χ2n) is 14.4. The van der Waals surface area contributed by atoms with Gasteiger partial charge < -0.3 is 40.0 Å². The lowest BCUT2D eigenvalue weighted by molar-refractivity contribution is -0.123. The van der Waals surface area contributed by atoms with E-state index in [1.54, 1.807) is 55.7 Å². The van der Waals surface area contributed by atoms with Crippen LogP contribution in [0.25, 0.3) is 10.8 Å². The van der Waals surface area contributed by atoms with Crippen molar-refractivity contribution in [2.24, 2.45) is 5.92 Å². The fraction of sp³-hybridized carbons (Fsp3) is 0.283. The van der Waals surface area contributed by atoms with Crippen LogP contribution in [0.5, 0.6) is 28.7 Å². The Labute approximate surface area is 327 Å². The van der Waals surface area contributed by atoms with E-state index in [1.165, 1.54) is 19.2 Å². The first-order chi connectivity index (χ1) is 27.1. The van der Waals surface area contributed by atoms with Gasteiger partial charge >= 0.3 is 0 Å². The fourth-order valence-electron chi connectivity index (χ4n) is 7.38. The van der Waals surface area contributed by atoms with Crippen molar-refractivity contribution >= 4 is 16.6 Å². The summed E-state index contributed by atoms with van der Waals surface area (Å²) in [6, 6.07) is 31.1. The predicted molar refractivity (Wildman–Crippen MR) is 216 cm³/mol. The largest absolute Gasteiger partial charge is 0.670 e. The number of aliphatic hydroxyl groups excluding tert-OH is 2. The molecule has 10 nitrogen and oxygen atoms in total. The SMILES string of the molecule is COc1c(O)ccc(C[C@H](Cc2cc[n-]c2)[C@H](O)CC(=O)[C@H](Cc2ccc(O)c(OCNC[C@H](C)O)c2)c2cccc(O)c2)c1Cc1cccc2ccccc12. The number of carbonyl (C=O) groups is 1. The van der Waals surface area contributed by atoms with E-state index in [0.717, 1.165) is 33.0 Å². The Hall–Kier alpha value is -5.81. The Kier molecular flexibility index (Phi) is 13.3. The molecule has 0 amide bonds. The van der Waals surface area contributed by atoms with Gasteiger partial charge in [-0.15, -0.1) is 0 Å². The zero-order chi connectivity index (χ0) is 39.6. The number of phenols is 3. The number of fused-ring (bicyclic) bond motifs is 1. The number of hydrogen-bond acceptors (Lipinski definition) is 9. The molecule has 4 atom stereocenters. The maximum atomic E-state index is 14.4. The zero-order valence-electron chi connectivity index (χ0n) is 31.6. The fourth-order valence-corrected chi connectivity index (χ4v) is 7.38. The average molecular weight is 758 g/mol. The van der Waals surface area contributed by atoms with Gasteiger partial charge in [0, 0.05) is 30.9 Å². The summed E-state index contributed by atoms with van der Waals surface area (Å²) in [6.45, 7) is 2.02. The molecular weight excluding hydrogens is 709 g/mol. The van der Waals surface area contributed by atoms with Crippen molar-refractivity contribution in [3.05, 3.63) is 149 Å². The number of rotatable bonds is 19. The highest BCUT2D eigenvalue weighted by Crippen LogP contribution is 2.38. The predicted octanol–water partition coefficient (Wildman–Crippen LogP) is 6.57. The number of hydrogen-bond donors (Lipinski definition) is 6. The number of carbonyl (C=O) groups excluding carboxylic acids is 1. The number of phenolic OH excluding ortho intramolecular Hbond substituents is 3. The number of ketones is 1. The minimum absolute atomic E-state index is 0.0151. The number of aromatic hydroxyl groups is 3. The number of nitrogens with one attached hydrogen (secondary N) is 1. The van der Waals surface area contributed by atoms with Crippen molar-refractivity contribution in [1.29, 1.82) is 0 Å². The number of nitrogens with zero attached hydrogens (tertiary/aromatic N) is 1. The Morgan fingerprint density at radius 2 is 1.59 bits per heavy atom. The van der Waals surface area contributed by atoms with Crippen molar-refractivity contribution < 1.29 is 39.8 Å². The third-order valence-corrected chi connectivity index (χ3v) is 10.2. The van der Waals surface area contributed by atoms with Crippen LogP contribution in [0.2, 0.25) is 0 Å². The molecule has 1 aromatic heterocycles. The van der Waals surface area contributed by atoms with Gasteiger partial charge in [0.1, 0.15) is 18.3 Å². The van der Waals surface area contributed by atoms with Gasteiger partial charge in [0.15, 0.2) is 23.0 Å². The van der Waals surface area contributed by atoms with Crippen LogP contribution < -0.4 is 19.8 Å². The Morgan fingerprint density at radius 3 is 2.36 bits per heavy atom. The molecule has 0 aliphatic carbocycles. The lowest BCUT2D eigenvalue weighted by Gasteiger charge is -2.27. The Bertz CT molecular complexity index is 2210. The maximum absolute atomic E-state index is 14.4. The van der Waals surface area contributed by atoms with Gasteiger partial charge in [-0.3, -0.25) is 10.1 Å². The Morgan fingerprint density at radius 1 is 0.804 bits per heavy atom. The van der Waals surface area contributed by atoms with Crippen LogP contribution in [-0.4, -0.2) is 63.9 Å². The van der Waals surface area contributed by atoms with Crippen molar-refractivity contribution in [3.8, 4) is 28.7 Å². The maximum Gasteiger partial charge on any atom is 0.164 e. The van der Waals surface area contributed by atoms with Crippen LogP contribution in [0, 0.1) is 5.92 Å². The van der Waals surface area contributed by atoms with E-state index in [-0.39, 0.29) is 48.4 Å². The number of methoxy groups -OCH3 is 1. The topological polar surface area (TPSA) is 163 Å². The number of ether oxygens (including phenoxy) is 2. The number of Topliss-reactive ketones (excluding diaryl/α,β-unsaturated/α-hetero) is 1. The first-order valence-corrected chi connectivity index (χ1v) is 18.8. The molecule has 292 valence electrons. The summed E-state index contributed by atoms with van der Waals surface area (Å²) >= 11 is 0. The second-order valence-corrected chi connectivity index (χ2v) is 14.4. The molecule has 0 bridgehead atoms. The monoisotopic (exact) mass is 757 g/mol. The van der Waals surface area contributed by atoms with E-state index in [2.05, 4.69) is 34.6 Å². The Balaban J connectivity index is 1.28. The first-order valence-electron chi connectivity index (χ1n) is 18.8. The highest BCUT2D eigenvalue weighted by Gasteiger charge is 2.30. The summed E-state index contributed by atoms with van der Waals surface area (Å²) < 4.78 is 11.5. The van der Waals surface area contributed by atoms with E-state index in [4.69, 9.17) is 9.47 Å². The van der Waals surface area contributed by atoms with E-state index < -0.39 is 24.0 Å². The minimum atomic E-state index is -1.07. The van der Waals surface area contributed by atoms with Crippen molar-refractivity contribution in [1.82, 2.24) is 10.3 Å². The summed E-state index contributed by atoms with van der Waals surface area (Å²) in [4.78, 5) is 18.7. The average Bonchev–Trinajstić information content (AvgIpc) is 3.70. The van der Waals surface area contributed by atoms with Crippen LogP contribution in [0.1, 0.15) is 52.6 Å². The number of benzene rings is 5. The molecule has 0 unspecified atom stereocenters. The van der Waals surface area contributed by atoms with E-state index >= 15 is 0 Å². The smallest absolute Gasteiger partial charge is 0.164 e. The highest BCUT2D eigenvalue weighted by molar-refractivity contribution is 5.87. The molecule has 56 heavy (non-hydrogen) atoms. The molecule has 6 aromatic rings. The van der Waals surface area contributed by atoms with Gasteiger partial charge in [-0.25, -0.2) is 0 Å². The van der Waals surface area contributed by atoms with Crippen molar-refractivity contribution in [2.45, 2.75) is 57.2 Å². The summed E-state index contributed by atoms with van der Waals surface area (Å²) in [5, 5.41) is 58.5. The van der Waals surface area contributed by atoms with Crippen LogP contribution in [0.15, 0.2) is 116 Å². The normalized spacial score (nSPS) is 13.6. The van der Waals surface area contributed by atoms with E-state index in [9.17, 15) is 30.3 Å². The summed E-state index contributed by atoms with van der Waals surface area (Å²) in [5.41, 5.74) is 4.97. The van der Waals surface area contributed by atoms with Crippen LogP contribution in [0.4, 0.5) is 0 Å². The molecule has 0 spiro atoms. The number of aromatic nitrogens is 1. The molecule has 10 heteroatoms. The molecule has 6 rings (SSSR count).